The minimum atomic E-state index is -0.493. The molecule has 2 aromatic rings. The molecule has 2 aliphatic rings. The molecule has 3 amide bonds. The van der Waals surface area contributed by atoms with Gasteiger partial charge in [0.25, 0.3) is 11.8 Å². The number of rotatable bonds is 1. The van der Waals surface area contributed by atoms with Crippen LogP contribution in [-0.4, -0.2) is 22.0 Å². The largest absolute Gasteiger partial charge is 0.274 e. The number of imide groups is 1. The van der Waals surface area contributed by atoms with Crippen LogP contribution in [0.2, 0.25) is 0 Å². The van der Waals surface area contributed by atoms with Gasteiger partial charge in [0, 0.05) is 12.5 Å². The van der Waals surface area contributed by atoms with Gasteiger partial charge in [-0.2, -0.15) is 0 Å². The summed E-state index contributed by atoms with van der Waals surface area (Å²) in [4.78, 5) is 40.7. The van der Waals surface area contributed by atoms with Gasteiger partial charge in [-0.3, -0.25) is 19.3 Å². The number of nitrogens with zero attached hydrogens (tertiary/aromatic N) is 2. The zero-order valence-electron chi connectivity index (χ0n) is 13.6. The minimum absolute atomic E-state index is 0.228. The van der Waals surface area contributed by atoms with Crippen molar-refractivity contribution in [1.29, 1.82) is 0 Å². The molecule has 0 aliphatic carbocycles. The summed E-state index contributed by atoms with van der Waals surface area (Å²) >= 11 is 6.46. The number of thiocarbonyl (C=S) groups is 1. The highest BCUT2D eigenvalue weighted by Gasteiger charge is 2.43. The SMILES string of the molecule is CC(=O)N1C(=O)/C(=C2/SC(=S)N(c3ccccc3)C2=O)c2ccccc21. The lowest BCUT2D eigenvalue weighted by Gasteiger charge is -2.14. The van der Waals surface area contributed by atoms with Gasteiger partial charge in [0.2, 0.25) is 5.91 Å². The van der Waals surface area contributed by atoms with E-state index < -0.39 is 11.8 Å². The highest BCUT2D eigenvalue weighted by atomic mass is 32.2. The first-order chi connectivity index (χ1) is 12.5. The molecule has 0 radical (unpaired) electrons. The van der Waals surface area contributed by atoms with Crippen LogP contribution in [0.5, 0.6) is 0 Å². The molecule has 0 atom stereocenters. The Labute approximate surface area is 159 Å². The van der Waals surface area contributed by atoms with Crippen molar-refractivity contribution in [3.63, 3.8) is 0 Å². The lowest BCUT2D eigenvalue weighted by atomic mass is 10.1. The topological polar surface area (TPSA) is 57.7 Å². The van der Waals surface area contributed by atoms with Crippen LogP contribution in [0, 0.1) is 0 Å². The van der Waals surface area contributed by atoms with Gasteiger partial charge < -0.3 is 0 Å². The van der Waals surface area contributed by atoms with Crippen LogP contribution >= 0.6 is 24.0 Å². The number of benzene rings is 2. The zero-order chi connectivity index (χ0) is 18.4. The Bertz CT molecular complexity index is 1010. The summed E-state index contributed by atoms with van der Waals surface area (Å²) in [5, 5.41) is 0. The molecule has 128 valence electrons. The maximum Gasteiger partial charge on any atom is 0.271 e. The van der Waals surface area contributed by atoms with Crippen molar-refractivity contribution in [3.8, 4) is 0 Å². The number of carbonyl (C=O) groups is 3. The number of para-hydroxylation sites is 2. The van der Waals surface area contributed by atoms with Gasteiger partial charge in [-0.15, -0.1) is 0 Å². The van der Waals surface area contributed by atoms with Crippen molar-refractivity contribution in [2.45, 2.75) is 6.92 Å². The Balaban J connectivity index is 1.88. The van der Waals surface area contributed by atoms with Gasteiger partial charge in [-0.25, -0.2) is 4.90 Å². The lowest BCUT2D eigenvalue weighted by Crippen LogP contribution is -2.32. The molecule has 2 aliphatic heterocycles. The Kier molecular flexibility index (Phi) is 3.97. The van der Waals surface area contributed by atoms with Crippen LogP contribution in [0.4, 0.5) is 11.4 Å². The molecule has 2 heterocycles. The van der Waals surface area contributed by atoms with Crippen molar-refractivity contribution in [2.24, 2.45) is 0 Å². The molecule has 0 aromatic heterocycles. The predicted octanol–water partition coefficient (Wildman–Crippen LogP) is 3.36. The second-order valence-corrected chi connectivity index (χ2v) is 7.37. The zero-order valence-corrected chi connectivity index (χ0v) is 15.3. The number of thioether (sulfide) groups is 1. The van der Waals surface area contributed by atoms with E-state index in [4.69, 9.17) is 12.2 Å². The van der Waals surface area contributed by atoms with Crippen LogP contribution in [0.3, 0.4) is 0 Å². The normalized spacial score (nSPS) is 19.3. The molecule has 0 spiro atoms. The number of amides is 3. The van der Waals surface area contributed by atoms with E-state index >= 15 is 0 Å². The van der Waals surface area contributed by atoms with Crippen LogP contribution in [0.25, 0.3) is 5.57 Å². The summed E-state index contributed by atoms with van der Waals surface area (Å²) in [5.74, 6) is -1.24. The summed E-state index contributed by atoms with van der Waals surface area (Å²) in [6, 6.07) is 16.0. The molecule has 4 rings (SSSR count). The quantitative estimate of drug-likeness (QED) is 0.561. The molecule has 1 fully saturated rings. The number of carbonyl (C=O) groups excluding carboxylic acids is 3. The summed E-state index contributed by atoms with van der Waals surface area (Å²) in [6.45, 7) is 1.33. The lowest BCUT2D eigenvalue weighted by molar-refractivity contribution is -0.122. The van der Waals surface area contributed by atoms with Gasteiger partial charge in [-0.05, 0) is 18.2 Å². The van der Waals surface area contributed by atoms with E-state index in [0.29, 0.717) is 21.3 Å². The smallest absolute Gasteiger partial charge is 0.271 e. The molecule has 5 nitrogen and oxygen atoms in total. The average molecular weight is 380 g/mol. The third-order valence-electron chi connectivity index (χ3n) is 4.16. The molecule has 2 aromatic carbocycles. The van der Waals surface area contributed by atoms with Gasteiger partial charge in [0.1, 0.15) is 0 Å². The van der Waals surface area contributed by atoms with Crippen LogP contribution < -0.4 is 9.80 Å². The van der Waals surface area contributed by atoms with Crippen molar-refractivity contribution >= 4 is 63.0 Å². The first-order valence-corrected chi connectivity index (χ1v) is 9.03. The number of anilines is 2. The fourth-order valence-corrected chi connectivity index (χ4v) is 4.44. The maximum absolute atomic E-state index is 13.0. The van der Waals surface area contributed by atoms with E-state index in [9.17, 15) is 14.4 Å². The summed E-state index contributed by atoms with van der Waals surface area (Å²) in [7, 11) is 0. The van der Waals surface area contributed by atoms with Crippen molar-refractivity contribution in [1.82, 2.24) is 0 Å². The standard InChI is InChI=1S/C19H12N2O3S2/c1-11(22)20-14-10-6-5-9-13(14)15(17(20)23)16-18(24)21(19(25)26-16)12-7-3-2-4-8-12/h2-10H,1H3/b16-15+. The highest BCUT2D eigenvalue weighted by Crippen LogP contribution is 2.45. The first-order valence-electron chi connectivity index (χ1n) is 7.80. The Morgan fingerprint density at radius 1 is 0.962 bits per heavy atom. The predicted molar refractivity (Wildman–Crippen MR) is 106 cm³/mol. The second kappa shape index (κ2) is 6.19. The van der Waals surface area contributed by atoms with Crippen LogP contribution in [-0.2, 0) is 14.4 Å². The Morgan fingerprint density at radius 2 is 1.62 bits per heavy atom. The molecular weight excluding hydrogens is 368 g/mol. The van der Waals surface area contributed by atoms with Gasteiger partial charge in [-0.1, -0.05) is 60.4 Å². The van der Waals surface area contributed by atoms with E-state index in [1.807, 2.05) is 18.2 Å². The molecule has 26 heavy (non-hydrogen) atoms. The van der Waals surface area contributed by atoms with Gasteiger partial charge in [0.05, 0.1) is 21.9 Å². The molecule has 0 N–H and O–H groups in total. The molecule has 0 saturated carbocycles. The monoisotopic (exact) mass is 380 g/mol. The molecule has 0 unspecified atom stereocenters. The van der Waals surface area contributed by atoms with Crippen molar-refractivity contribution in [3.05, 3.63) is 65.1 Å². The van der Waals surface area contributed by atoms with Gasteiger partial charge >= 0.3 is 0 Å². The number of hydrogen-bond donors (Lipinski definition) is 0. The second-order valence-electron chi connectivity index (χ2n) is 5.72. The van der Waals surface area contributed by atoms with E-state index in [2.05, 4.69) is 0 Å². The molecule has 1 saturated heterocycles. The summed E-state index contributed by atoms with van der Waals surface area (Å²) < 4.78 is 0.357. The third-order valence-corrected chi connectivity index (χ3v) is 5.53. The number of fused-ring (bicyclic) bond motifs is 1. The van der Waals surface area contributed by atoms with Crippen LogP contribution in [0.15, 0.2) is 59.5 Å². The van der Waals surface area contributed by atoms with Crippen molar-refractivity contribution in [2.75, 3.05) is 9.80 Å². The molecular formula is C19H12N2O3S2. The van der Waals surface area contributed by atoms with Crippen LogP contribution in [0.1, 0.15) is 12.5 Å². The Morgan fingerprint density at radius 3 is 2.31 bits per heavy atom. The summed E-state index contributed by atoms with van der Waals surface area (Å²) in [5.41, 5.74) is 1.94. The maximum atomic E-state index is 13.0. The third kappa shape index (κ3) is 2.40. The van der Waals surface area contributed by atoms with E-state index in [1.165, 1.54) is 11.8 Å². The highest BCUT2D eigenvalue weighted by molar-refractivity contribution is 8.27. The fraction of sp³-hybridized carbons (Fsp3) is 0.0526. The molecule has 0 bridgehead atoms. The summed E-state index contributed by atoms with van der Waals surface area (Å²) in [6.07, 6.45) is 0. The fourth-order valence-electron chi connectivity index (χ4n) is 3.07. The number of hydrogen-bond acceptors (Lipinski definition) is 5. The van der Waals surface area contributed by atoms with Gasteiger partial charge in [0.15, 0.2) is 4.32 Å². The van der Waals surface area contributed by atoms with Crippen molar-refractivity contribution < 1.29 is 14.4 Å². The van der Waals surface area contributed by atoms with E-state index in [0.717, 1.165) is 16.7 Å². The van der Waals surface area contributed by atoms with E-state index in [1.54, 1.807) is 36.4 Å². The van der Waals surface area contributed by atoms with E-state index in [-0.39, 0.29) is 16.4 Å². The average Bonchev–Trinajstić information content (AvgIpc) is 3.08. The Hall–Kier alpha value is -2.77. The molecule has 7 heteroatoms. The minimum Gasteiger partial charge on any atom is -0.274 e. The first kappa shape index (κ1) is 16.7.